The standard InChI is InChI=1S/C18H16N4O2S/c23-16-11-25-17(15-9-20-22-18(15)21-16)12-4-3-6-14(8-12)24-10-13-5-1-2-7-19-13/h1-9,17H,10-11H2,(H2,20,21,22,23). The number of anilines is 1. The van der Waals surface area contributed by atoms with Gasteiger partial charge in [-0.1, -0.05) is 18.2 Å². The van der Waals surface area contributed by atoms with Crippen molar-refractivity contribution in [1.29, 1.82) is 0 Å². The summed E-state index contributed by atoms with van der Waals surface area (Å²) in [5, 5.41) is 9.78. The van der Waals surface area contributed by atoms with Crippen molar-refractivity contribution < 1.29 is 9.53 Å². The van der Waals surface area contributed by atoms with Crippen molar-refractivity contribution in [2.45, 2.75) is 11.9 Å². The van der Waals surface area contributed by atoms with Crippen LogP contribution in [0.15, 0.2) is 54.9 Å². The number of pyridine rings is 1. The number of aromatic nitrogens is 3. The maximum Gasteiger partial charge on any atom is 0.235 e. The number of ether oxygens (including phenoxy) is 1. The van der Waals surface area contributed by atoms with Gasteiger partial charge < -0.3 is 10.1 Å². The minimum absolute atomic E-state index is 0.0195. The molecule has 1 aliphatic heterocycles. The number of fused-ring (bicyclic) bond motifs is 1. The number of thioether (sulfide) groups is 1. The molecule has 2 aromatic heterocycles. The monoisotopic (exact) mass is 352 g/mol. The van der Waals surface area contributed by atoms with Gasteiger partial charge in [-0.15, -0.1) is 11.8 Å². The van der Waals surface area contributed by atoms with E-state index in [-0.39, 0.29) is 11.2 Å². The van der Waals surface area contributed by atoms with Crippen LogP contribution in [0.1, 0.15) is 22.1 Å². The molecular formula is C18H16N4O2S. The SMILES string of the molecule is O=C1CSC(c2cccc(OCc3ccccn3)c2)c2cn[nH]c2N1. The molecule has 0 saturated heterocycles. The summed E-state index contributed by atoms with van der Waals surface area (Å²) in [7, 11) is 0. The zero-order valence-electron chi connectivity index (χ0n) is 13.3. The molecule has 2 N–H and O–H groups in total. The number of nitrogens with one attached hydrogen (secondary N) is 2. The van der Waals surface area contributed by atoms with Crippen LogP contribution in [-0.4, -0.2) is 26.8 Å². The summed E-state index contributed by atoms with van der Waals surface area (Å²) in [5.74, 6) is 1.81. The molecule has 25 heavy (non-hydrogen) atoms. The molecule has 0 saturated carbocycles. The van der Waals surface area contributed by atoms with E-state index in [1.54, 1.807) is 24.2 Å². The predicted octanol–water partition coefficient (Wildman–Crippen LogP) is 3.16. The van der Waals surface area contributed by atoms with Gasteiger partial charge in [-0.05, 0) is 29.8 Å². The lowest BCUT2D eigenvalue weighted by molar-refractivity contribution is -0.113. The van der Waals surface area contributed by atoms with E-state index in [2.05, 4.69) is 20.5 Å². The minimum atomic E-state index is -0.0273. The first-order valence-corrected chi connectivity index (χ1v) is 8.92. The third-order valence-electron chi connectivity index (χ3n) is 3.87. The Kier molecular flexibility index (Phi) is 4.39. The Morgan fingerprint density at radius 3 is 3.08 bits per heavy atom. The van der Waals surface area contributed by atoms with Crippen LogP contribution in [0.5, 0.6) is 5.75 Å². The van der Waals surface area contributed by atoms with Gasteiger partial charge in [0.1, 0.15) is 18.2 Å². The second-order valence-corrected chi connectivity index (χ2v) is 6.72. The van der Waals surface area contributed by atoms with Gasteiger partial charge in [0.2, 0.25) is 5.91 Å². The number of amides is 1. The number of rotatable bonds is 4. The molecule has 1 atom stereocenters. The van der Waals surface area contributed by atoms with Crippen molar-refractivity contribution in [1.82, 2.24) is 15.2 Å². The van der Waals surface area contributed by atoms with Crippen LogP contribution in [0, 0.1) is 0 Å². The molecule has 1 aliphatic rings. The third-order valence-corrected chi connectivity index (χ3v) is 5.16. The fourth-order valence-electron chi connectivity index (χ4n) is 2.70. The molecule has 126 valence electrons. The highest BCUT2D eigenvalue weighted by molar-refractivity contribution is 8.00. The second kappa shape index (κ2) is 6.98. The van der Waals surface area contributed by atoms with Gasteiger partial charge in [0, 0.05) is 11.8 Å². The van der Waals surface area contributed by atoms with Crippen molar-refractivity contribution >= 4 is 23.5 Å². The summed E-state index contributed by atoms with van der Waals surface area (Å²) in [6.45, 7) is 0.416. The molecule has 3 aromatic rings. The van der Waals surface area contributed by atoms with Crippen molar-refractivity contribution in [2.75, 3.05) is 11.1 Å². The topological polar surface area (TPSA) is 79.9 Å². The van der Waals surface area contributed by atoms with Gasteiger partial charge in [-0.2, -0.15) is 5.10 Å². The largest absolute Gasteiger partial charge is 0.487 e. The van der Waals surface area contributed by atoms with Gasteiger partial charge >= 0.3 is 0 Å². The summed E-state index contributed by atoms with van der Waals surface area (Å²) < 4.78 is 5.87. The van der Waals surface area contributed by atoms with E-state index in [1.165, 1.54) is 0 Å². The highest BCUT2D eigenvalue weighted by Crippen LogP contribution is 2.41. The van der Waals surface area contributed by atoms with Crippen molar-refractivity contribution in [3.8, 4) is 5.75 Å². The minimum Gasteiger partial charge on any atom is -0.487 e. The normalized spacial score (nSPS) is 16.6. The van der Waals surface area contributed by atoms with Gasteiger partial charge in [0.05, 0.1) is 22.9 Å². The molecule has 0 aliphatic carbocycles. The van der Waals surface area contributed by atoms with E-state index >= 15 is 0 Å². The Morgan fingerprint density at radius 2 is 2.20 bits per heavy atom. The predicted molar refractivity (Wildman–Crippen MR) is 96.5 cm³/mol. The Labute approximate surface area is 149 Å². The average molecular weight is 352 g/mol. The van der Waals surface area contributed by atoms with E-state index in [0.29, 0.717) is 18.2 Å². The number of hydrogen-bond donors (Lipinski definition) is 2. The van der Waals surface area contributed by atoms with Crippen molar-refractivity contribution in [3.05, 3.63) is 71.7 Å². The van der Waals surface area contributed by atoms with Gasteiger partial charge in [0.25, 0.3) is 0 Å². The second-order valence-electron chi connectivity index (χ2n) is 5.62. The lowest BCUT2D eigenvalue weighted by atomic mass is 10.1. The summed E-state index contributed by atoms with van der Waals surface area (Å²) >= 11 is 1.58. The molecule has 1 aromatic carbocycles. The van der Waals surface area contributed by atoms with E-state index < -0.39 is 0 Å². The number of carbonyl (C=O) groups is 1. The Balaban J connectivity index is 1.56. The number of H-pyrrole nitrogens is 1. The molecule has 1 amide bonds. The maximum absolute atomic E-state index is 11.8. The Hall–Kier alpha value is -2.80. The molecule has 6 nitrogen and oxygen atoms in total. The first-order valence-electron chi connectivity index (χ1n) is 7.87. The summed E-state index contributed by atoms with van der Waals surface area (Å²) in [5.41, 5.74) is 2.92. The van der Waals surface area contributed by atoms with Gasteiger partial charge in [-0.3, -0.25) is 14.9 Å². The van der Waals surface area contributed by atoms with Crippen molar-refractivity contribution in [3.63, 3.8) is 0 Å². The zero-order chi connectivity index (χ0) is 17.1. The molecule has 7 heteroatoms. The van der Waals surface area contributed by atoms with Crippen LogP contribution in [0.3, 0.4) is 0 Å². The van der Waals surface area contributed by atoms with E-state index in [4.69, 9.17) is 4.74 Å². The van der Waals surface area contributed by atoms with Crippen LogP contribution in [0.2, 0.25) is 0 Å². The van der Waals surface area contributed by atoms with Gasteiger partial charge in [-0.25, -0.2) is 0 Å². The highest BCUT2D eigenvalue weighted by atomic mass is 32.2. The Bertz CT molecular complexity index is 882. The third kappa shape index (κ3) is 3.51. The average Bonchev–Trinajstić information content (AvgIpc) is 3.03. The first-order chi connectivity index (χ1) is 12.3. The van der Waals surface area contributed by atoms with Crippen molar-refractivity contribution in [2.24, 2.45) is 0 Å². The Morgan fingerprint density at radius 1 is 1.24 bits per heavy atom. The molecule has 1 unspecified atom stereocenters. The maximum atomic E-state index is 11.8. The fraction of sp³-hybridized carbons (Fsp3) is 0.167. The lowest BCUT2D eigenvalue weighted by Gasteiger charge is -2.15. The molecule has 0 fully saturated rings. The van der Waals surface area contributed by atoms with Crippen LogP contribution >= 0.6 is 11.8 Å². The van der Waals surface area contributed by atoms with Crippen LogP contribution in [0.25, 0.3) is 0 Å². The summed E-state index contributed by atoms with van der Waals surface area (Å²) in [4.78, 5) is 16.1. The molecule has 3 heterocycles. The van der Waals surface area contributed by atoms with Crippen LogP contribution < -0.4 is 10.1 Å². The fourth-order valence-corrected chi connectivity index (χ4v) is 3.79. The number of hydrogen-bond acceptors (Lipinski definition) is 5. The number of nitrogens with zero attached hydrogens (tertiary/aromatic N) is 2. The number of carbonyl (C=O) groups excluding carboxylic acids is 1. The highest BCUT2D eigenvalue weighted by Gasteiger charge is 2.25. The molecule has 4 rings (SSSR count). The summed E-state index contributed by atoms with van der Waals surface area (Å²) in [6.07, 6.45) is 3.52. The molecule has 0 radical (unpaired) electrons. The zero-order valence-corrected chi connectivity index (χ0v) is 14.1. The summed E-state index contributed by atoms with van der Waals surface area (Å²) in [6, 6.07) is 13.7. The van der Waals surface area contributed by atoms with Crippen LogP contribution in [0.4, 0.5) is 5.82 Å². The van der Waals surface area contributed by atoms with E-state index in [0.717, 1.165) is 22.6 Å². The lowest BCUT2D eigenvalue weighted by Crippen LogP contribution is -2.12. The number of benzene rings is 1. The van der Waals surface area contributed by atoms with E-state index in [1.807, 2.05) is 42.5 Å². The number of aromatic amines is 1. The van der Waals surface area contributed by atoms with Gasteiger partial charge in [0.15, 0.2) is 0 Å². The smallest absolute Gasteiger partial charge is 0.235 e. The molecule has 0 spiro atoms. The quantitative estimate of drug-likeness (QED) is 0.754. The molecule has 0 bridgehead atoms. The first kappa shape index (κ1) is 15.7. The van der Waals surface area contributed by atoms with E-state index in [9.17, 15) is 4.79 Å². The van der Waals surface area contributed by atoms with Crippen LogP contribution in [-0.2, 0) is 11.4 Å². The molecular weight excluding hydrogens is 336 g/mol.